The first-order valence-electron chi connectivity index (χ1n) is 7.43. The Morgan fingerprint density at radius 2 is 1.74 bits per heavy atom. The van der Waals surface area contributed by atoms with Crippen LogP contribution in [-0.4, -0.2) is 24.0 Å². The Morgan fingerprint density at radius 3 is 2.26 bits per heavy atom. The second-order valence-electron chi connectivity index (χ2n) is 5.84. The molecule has 2 rings (SSSR count). The van der Waals surface area contributed by atoms with Gasteiger partial charge in [0, 0.05) is 6.42 Å². The molecule has 0 bridgehead atoms. The smallest absolute Gasteiger partial charge is 0.102 e. The minimum Gasteiger partial charge on any atom is -0.288 e. The number of piperidine rings is 1. The van der Waals surface area contributed by atoms with Gasteiger partial charge in [-0.25, -0.2) is 0 Å². The molecule has 1 aromatic carbocycles. The summed E-state index contributed by atoms with van der Waals surface area (Å²) in [4.78, 5) is 2.35. The fourth-order valence-corrected chi connectivity index (χ4v) is 2.75. The van der Waals surface area contributed by atoms with Crippen LogP contribution in [0.3, 0.4) is 0 Å². The van der Waals surface area contributed by atoms with E-state index in [4.69, 9.17) is 0 Å². The average Bonchev–Trinajstić information content (AvgIpc) is 2.46. The summed E-state index contributed by atoms with van der Waals surface area (Å²) in [5.74, 6) is 0.572. The number of benzene rings is 1. The fourth-order valence-electron chi connectivity index (χ4n) is 2.75. The zero-order valence-electron chi connectivity index (χ0n) is 12.1. The summed E-state index contributed by atoms with van der Waals surface area (Å²) in [5, 5.41) is 9.39. The Balaban J connectivity index is 1.99. The van der Waals surface area contributed by atoms with E-state index in [9.17, 15) is 5.26 Å². The van der Waals surface area contributed by atoms with Crippen molar-refractivity contribution in [2.75, 3.05) is 13.1 Å². The lowest BCUT2D eigenvalue weighted by molar-refractivity contribution is 0.194. The van der Waals surface area contributed by atoms with E-state index in [2.05, 4.69) is 49.1 Å². The number of hydrogen-bond acceptors (Lipinski definition) is 2. The van der Waals surface area contributed by atoms with Crippen molar-refractivity contribution in [3.05, 3.63) is 35.4 Å². The third-order valence-corrected chi connectivity index (χ3v) is 4.06. The molecule has 0 saturated carbocycles. The van der Waals surface area contributed by atoms with E-state index in [1.165, 1.54) is 30.4 Å². The summed E-state index contributed by atoms with van der Waals surface area (Å²) in [6.45, 7) is 6.59. The van der Waals surface area contributed by atoms with Crippen LogP contribution in [0.15, 0.2) is 24.3 Å². The van der Waals surface area contributed by atoms with Gasteiger partial charge >= 0.3 is 0 Å². The largest absolute Gasteiger partial charge is 0.288 e. The molecule has 1 unspecified atom stereocenters. The Morgan fingerprint density at radius 1 is 1.11 bits per heavy atom. The lowest BCUT2D eigenvalue weighted by Crippen LogP contribution is -2.39. The summed E-state index contributed by atoms with van der Waals surface area (Å²) in [6, 6.07) is 11.3. The molecule has 1 heterocycles. The highest BCUT2D eigenvalue weighted by Gasteiger charge is 2.20. The zero-order chi connectivity index (χ0) is 13.7. The number of nitriles is 1. The number of nitrogens with zero attached hydrogens (tertiary/aromatic N) is 2. The van der Waals surface area contributed by atoms with Crippen molar-refractivity contribution in [1.29, 1.82) is 5.26 Å². The van der Waals surface area contributed by atoms with Crippen molar-refractivity contribution >= 4 is 0 Å². The molecule has 1 aliphatic heterocycles. The van der Waals surface area contributed by atoms with Crippen LogP contribution in [0.2, 0.25) is 0 Å². The van der Waals surface area contributed by atoms with Gasteiger partial charge in [-0.3, -0.25) is 4.90 Å². The molecule has 2 nitrogen and oxygen atoms in total. The molecule has 0 amide bonds. The molecule has 1 aliphatic rings. The van der Waals surface area contributed by atoms with Gasteiger partial charge in [-0.1, -0.05) is 44.5 Å². The Hall–Kier alpha value is -1.33. The first kappa shape index (κ1) is 14.1. The predicted molar refractivity (Wildman–Crippen MR) is 79.1 cm³/mol. The highest BCUT2D eigenvalue weighted by Crippen LogP contribution is 2.18. The molecule has 0 aliphatic carbocycles. The molecular formula is C17H24N2. The van der Waals surface area contributed by atoms with Crippen molar-refractivity contribution < 1.29 is 0 Å². The fraction of sp³-hybridized carbons (Fsp3) is 0.588. The topological polar surface area (TPSA) is 27.0 Å². The minimum atomic E-state index is 0.0465. The van der Waals surface area contributed by atoms with Gasteiger partial charge in [-0.05, 0) is 43.0 Å². The first-order valence-corrected chi connectivity index (χ1v) is 7.43. The van der Waals surface area contributed by atoms with Crippen LogP contribution < -0.4 is 0 Å². The van der Waals surface area contributed by atoms with Gasteiger partial charge in [0.1, 0.15) is 6.04 Å². The maximum absolute atomic E-state index is 9.39. The molecule has 19 heavy (non-hydrogen) atoms. The molecule has 1 saturated heterocycles. The van der Waals surface area contributed by atoms with Gasteiger partial charge < -0.3 is 0 Å². The molecule has 0 N–H and O–H groups in total. The van der Waals surface area contributed by atoms with E-state index >= 15 is 0 Å². The molecule has 1 fully saturated rings. The van der Waals surface area contributed by atoms with Crippen molar-refractivity contribution in [2.24, 2.45) is 0 Å². The third-order valence-electron chi connectivity index (χ3n) is 4.06. The molecule has 2 heteroatoms. The van der Waals surface area contributed by atoms with Gasteiger partial charge in [0.15, 0.2) is 0 Å². The molecule has 0 aromatic heterocycles. The van der Waals surface area contributed by atoms with E-state index in [0.29, 0.717) is 5.92 Å². The summed E-state index contributed by atoms with van der Waals surface area (Å²) in [7, 11) is 0. The van der Waals surface area contributed by atoms with Crippen LogP contribution in [0, 0.1) is 11.3 Å². The zero-order valence-corrected chi connectivity index (χ0v) is 12.1. The van der Waals surface area contributed by atoms with Crippen molar-refractivity contribution in [2.45, 2.75) is 51.5 Å². The van der Waals surface area contributed by atoms with E-state index in [-0.39, 0.29) is 6.04 Å². The van der Waals surface area contributed by atoms with Gasteiger partial charge in [0.05, 0.1) is 6.07 Å². The van der Waals surface area contributed by atoms with Crippen molar-refractivity contribution in [1.82, 2.24) is 4.90 Å². The summed E-state index contributed by atoms with van der Waals surface area (Å²) < 4.78 is 0. The number of rotatable bonds is 4. The molecule has 0 radical (unpaired) electrons. The first-order chi connectivity index (χ1) is 9.20. The molecule has 1 aromatic rings. The maximum Gasteiger partial charge on any atom is 0.102 e. The van der Waals surface area contributed by atoms with Crippen LogP contribution in [0.1, 0.15) is 50.2 Å². The third kappa shape index (κ3) is 3.81. The summed E-state index contributed by atoms with van der Waals surface area (Å²) in [5.41, 5.74) is 2.65. The molecular weight excluding hydrogens is 232 g/mol. The van der Waals surface area contributed by atoms with Crippen LogP contribution in [0.5, 0.6) is 0 Å². The van der Waals surface area contributed by atoms with Crippen LogP contribution in [0.4, 0.5) is 0 Å². The van der Waals surface area contributed by atoms with Gasteiger partial charge in [-0.2, -0.15) is 5.26 Å². The Kier molecular flexibility index (Phi) is 4.99. The normalized spacial score (nSPS) is 18.2. The lowest BCUT2D eigenvalue weighted by atomic mass is 9.98. The lowest BCUT2D eigenvalue weighted by Gasteiger charge is -2.30. The van der Waals surface area contributed by atoms with Gasteiger partial charge in [0.2, 0.25) is 0 Å². The van der Waals surface area contributed by atoms with Gasteiger partial charge in [-0.15, -0.1) is 0 Å². The minimum absolute atomic E-state index is 0.0465. The van der Waals surface area contributed by atoms with Crippen LogP contribution in [-0.2, 0) is 6.42 Å². The highest BCUT2D eigenvalue weighted by molar-refractivity contribution is 5.26. The molecule has 0 spiro atoms. The Labute approximate surface area is 117 Å². The predicted octanol–water partition coefficient (Wildman–Crippen LogP) is 3.73. The van der Waals surface area contributed by atoms with Gasteiger partial charge in [0.25, 0.3) is 0 Å². The van der Waals surface area contributed by atoms with E-state index in [0.717, 1.165) is 19.5 Å². The van der Waals surface area contributed by atoms with Crippen molar-refractivity contribution in [3.8, 4) is 6.07 Å². The standard InChI is InChI=1S/C17H24N2/c1-14(2)16-8-6-15(7-9-16)12-17(13-18)19-10-4-3-5-11-19/h6-9,14,17H,3-5,10-12H2,1-2H3. The summed E-state index contributed by atoms with van der Waals surface area (Å²) >= 11 is 0. The highest BCUT2D eigenvalue weighted by atomic mass is 15.2. The van der Waals surface area contributed by atoms with E-state index in [1.807, 2.05) is 0 Å². The monoisotopic (exact) mass is 256 g/mol. The summed E-state index contributed by atoms with van der Waals surface area (Å²) in [6.07, 6.45) is 4.65. The quantitative estimate of drug-likeness (QED) is 0.820. The average molecular weight is 256 g/mol. The number of hydrogen-bond donors (Lipinski definition) is 0. The second kappa shape index (κ2) is 6.73. The van der Waals surface area contributed by atoms with Crippen molar-refractivity contribution in [3.63, 3.8) is 0 Å². The SMILES string of the molecule is CC(C)c1ccc(CC(C#N)N2CCCCC2)cc1. The van der Waals surface area contributed by atoms with E-state index in [1.54, 1.807) is 0 Å². The van der Waals surface area contributed by atoms with Crippen LogP contribution in [0.25, 0.3) is 0 Å². The molecule has 1 atom stereocenters. The Bertz CT molecular complexity index is 422. The number of likely N-dealkylation sites (tertiary alicyclic amines) is 1. The molecule has 102 valence electrons. The maximum atomic E-state index is 9.39. The van der Waals surface area contributed by atoms with E-state index < -0.39 is 0 Å². The second-order valence-corrected chi connectivity index (χ2v) is 5.84. The van der Waals surface area contributed by atoms with Crippen LogP contribution >= 0.6 is 0 Å².